The fourth-order valence-electron chi connectivity index (χ4n) is 2.11. The molecule has 1 aromatic heterocycles. The first-order chi connectivity index (χ1) is 9.65. The van der Waals surface area contributed by atoms with E-state index in [1.54, 1.807) is 19.1 Å². The Morgan fingerprint density at radius 3 is 2.50 bits per heavy atom. The van der Waals surface area contributed by atoms with Crippen LogP contribution in [-0.4, -0.2) is 16.6 Å². The molecular weight excluding hydrogens is 252 g/mol. The van der Waals surface area contributed by atoms with Gasteiger partial charge in [-0.05, 0) is 31.2 Å². The molecule has 2 aromatic rings. The highest BCUT2D eigenvalue weighted by Crippen LogP contribution is 2.21. The van der Waals surface area contributed by atoms with E-state index in [0.29, 0.717) is 5.56 Å². The molecular formula is C16H12N2O2. The molecule has 0 saturated carbocycles. The zero-order valence-electron chi connectivity index (χ0n) is 10.9. The monoisotopic (exact) mass is 264 g/mol. The molecule has 1 aromatic carbocycles. The fraction of sp³-hybridized carbons (Fsp3) is 0.0625. The third-order valence-corrected chi connectivity index (χ3v) is 3.09. The van der Waals surface area contributed by atoms with E-state index in [0.717, 1.165) is 11.4 Å². The van der Waals surface area contributed by atoms with Crippen LogP contribution in [-0.2, 0) is 0 Å². The quantitative estimate of drug-likeness (QED) is 0.906. The number of pyridine rings is 1. The zero-order chi connectivity index (χ0) is 14.1. The summed E-state index contributed by atoms with van der Waals surface area (Å²) in [4.78, 5) is 28.6. The maximum Gasteiger partial charge on any atom is 0.211 e. The summed E-state index contributed by atoms with van der Waals surface area (Å²) in [6.45, 7) is 1.79. The fourth-order valence-corrected chi connectivity index (χ4v) is 2.11. The number of nitrogens with zero attached hydrogens (tertiary/aromatic N) is 1. The zero-order valence-corrected chi connectivity index (χ0v) is 10.9. The minimum Gasteiger partial charge on any atom is -0.352 e. The van der Waals surface area contributed by atoms with E-state index < -0.39 is 0 Å². The van der Waals surface area contributed by atoms with Gasteiger partial charge < -0.3 is 5.32 Å². The van der Waals surface area contributed by atoms with Crippen molar-refractivity contribution in [3.05, 3.63) is 71.2 Å². The van der Waals surface area contributed by atoms with Crippen LogP contribution in [0.5, 0.6) is 0 Å². The molecule has 0 radical (unpaired) electrons. The summed E-state index contributed by atoms with van der Waals surface area (Å²) in [5, 5.41) is 2.98. The Bertz CT molecular complexity index is 733. The van der Waals surface area contributed by atoms with Crippen LogP contribution in [0.3, 0.4) is 0 Å². The molecule has 0 spiro atoms. The van der Waals surface area contributed by atoms with Crippen molar-refractivity contribution in [3.63, 3.8) is 0 Å². The van der Waals surface area contributed by atoms with Gasteiger partial charge in [-0.1, -0.05) is 18.2 Å². The van der Waals surface area contributed by atoms with E-state index in [2.05, 4.69) is 10.3 Å². The number of para-hydroxylation sites is 1. The molecule has 0 aliphatic heterocycles. The predicted octanol–water partition coefficient (Wildman–Crippen LogP) is 2.77. The minimum atomic E-state index is -0.248. The van der Waals surface area contributed by atoms with E-state index in [1.807, 2.05) is 30.3 Å². The molecule has 0 saturated heterocycles. The van der Waals surface area contributed by atoms with E-state index in [4.69, 9.17) is 0 Å². The topological polar surface area (TPSA) is 59.1 Å². The average Bonchev–Trinajstić information content (AvgIpc) is 2.45. The summed E-state index contributed by atoms with van der Waals surface area (Å²) < 4.78 is 0. The molecule has 1 aliphatic carbocycles. The number of hydrogen-bond donors (Lipinski definition) is 1. The Morgan fingerprint density at radius 2 is 1.75 bits per heavy atom. The SMILES string of the molecule is Cc1ccc2c(n1)C(=O)C=C(Nc1ccccc1)C2=O. The van der Waals surface area contributed by atoms with Crippen LogP contribution in [0.1, 0.15) is 26.5 Å². The second-order valence-corrected chi connectivity index (χ2v) is 4.59. The van der Waals surface area contributed by atoms with Crippen molar-refractivity contribution in [2.24, 2.45) is 0 Å². The number of Topliss-reactive ketones (excluding diaryl/α,β-unsaturated/α-hetero) is 1. The number of fused-ring (bicyclic) bond motifs is 1. The molecule has 0 bridgehead atoms. The average molecular weight is 264 g/mol. The van der Waals surface area contributed by atoms with Gasteiger partial charge in [0.25, 0.3) is 0 Å². The van der Waals surface area contributed by atoms with Crippen LogP contribution in [0, 0.1) is 6.92 Å². The molecule has 0 fully saturated rings. The lowest BCUT2D eigenvalue weighted by Gasteiger charge is -2.16. The molecule has 0 atom stereocenters. The molecule has 0 unspecified atom stereocenters. The summed E-state index contributed by atoms with van der Waals surface area (Å²) in [6, 6.07) is 12.7. The van der Waals surface area contributed by atoms with Crippen LogP contribution in [0.25, 0.3) is 0 Å². The molecule has 1 heterocycles. The van der Waals surface area contributed by atoms with Crippen LogP contribution in [0.4, 0.5) is 5.69 Å². The Kier molecular flexibility index (Phi) is 2.91. The van der Waals surface area contributed by atoms with E-state index in [-0.39, 0.29) is 23.0 Å². The molecule has 98 valence electrons. The minimum absolute atomic E-state index is 0.212. The van der Waals surface area contributed by atoms with Gasteiger partial charge in [0.2, 0.25) is 11.6 Å². The lowest BCUT2D eigenvalue weighted by Crippen LogP contribution is -2.22. The van der Waals surface area contributed by atoms with Crippen molar-refractivity contribution in [1.29, 1.82) is 0 Å². The standard InChI is InChI=1S/C16H12N2O2/c1-10-7-8-12-15(17-10)14(19)9-13(16(12)20)18-11-5-3-2-4-6-11/h2-9,18H,1H3. The molecule has 1 N–H and O–H groups in total. The lowest BCUT2D eigenvalue weighted by molar-refractivity contribution is 0.0982. The van der Waals surface area contributed by atoms with E-state index >= 15 is 0 Å². The largest absolute Gasteiger partial charge is 0.352 e. The second-order valence-electron chi connectivity index (χ2n) is 4.59. The maximum absolute atomic E-state index is 12.4. The summed E-state index contributed by atoms with van der Waals surface area (Å²) in [5.74, 6) is -0.460. The van der Waals surface area contributed by atoms with Crippen molar-refractivity contribution in [3.8, 4) is 0 Å². The molecule has 3 rings (SSSR count). The number of aromatic nitrogens is 1. The summed E-state index contributed by atoms with van der Waals surface area (Å²) >= 11 is 0. The van der Waals surface area contributed by atoms with Crippen LogP contribution in [0.2, 0.25) is 0 Å². The van der Waals surface area contributed by atoms with Crippen molar-refractivity contribution >= 4 is 17.3 Å². The first-order valence-corrected chi connectivity index (χ1v) is 6.25. The van der Waals surface area contributed by atoms with Crippen LogP contribution in [0.15, 0.2) is 54.2 Å². The number of hydrogen-bond acceptors (Lipinski definition) is 4. The first-order valence-electron chi connectivity index (χ1n) is 6.25. The van der Waals surface area contributed by atoms with E-state index in [1.165, 1.54) is 6.08 Å². The third-order valence-electron chi connectivity index (χ3n) is 3.09. The number of benzene rings is 1. The third kappa shape index (κ3) is 2.12. The summed E-state index contributed by atoms with van der Waals surface area (Å²) in [6.07, 6.45) is 1.31. The van der Waals surface area contributed by atoms with Gasteiger partial charge in [0.05, 0.1) is 11.3 Å². The van der Waals surface area contributed by atoms with Crippen LogP contribution < -0.4 is 5.32 Å². The Morgan fingerprint density at radius 1 is 1.00 bits per heavy atom. The van der Waals surface area contributed by atoms with Gasteiger partial charge in [0, 0.05) is 17.5 Å². The maximum atomic E-state index is 12.4. The van der Waals surface area contributed by atoms with Gasteiger partial charge in [-0.3, -0.25) is 9.59 Å². The Balaban J connectivity index is 1.98. The van der Waals surface area contributed by atoms with Crippen molar-refractivity contribution in [1.82, 2.24) is 4.98 Å². The number of carbonyl (C=O) groups excluding carboxylic acids is 2. The molecule has 4 heteroatoms. The van der Waals surface area contributed by atoms with Crippen molar-refractivity contribution in [2.45, 2.75) is 6.92 Å². The summed E-state index contributed by atoms with van der Waals surface area (Å²) in [5.41, 5.74) is 2.34. The Hall–Kier alpha value is -2.75. The van der Waals surface area contributed by atoms with Gasteiger partial charge in [-0.25, -0.2) is 4.98 Å². The van der Waals surface area contributed by atoms with Crippen molar-refractivity contribution < 1.29 is 9.59 Å². The molecule has 0 amide bonds. The van der Waals surface area contributed by atoms with Gasteiger partial charge in [0.1, 0.15) is 5.69 Å². The number of rotatable bonds is 2. The van der Waals surface area contributed by atoms with Gasteiger partial charge in [-0.15, -0.1) is 0 Å². The molecule has 1 aliphatic rings. The number of anilines is 1. The number of carbonyl (C=O) groups is 2. The smallest absolute Gasteiger partial charge is 0.211 e. The number of allylic oxidation sites excluding steroid dienone is 2. The van der Waals surface area contributed by atoms with Crippen molar-refractivity contribution in [2.75, 3.05) is 5.32 Å². The predicted molar refractivity (Wildman–Crippen MR) is 75.8 cm³/mol. The number of nitrogens with one attached hydrogen (secondary N) is 1. The molecule has 20 heavy (non-hydrogen) atoms. The normalized spacial score (nSPS) is 13.8. The highest BCUT2D eigenvalue weighted by Gasteiger charge is 2.26. The highest BCUT2D eigenvalue weighted by atomic mass is 16.1. The number of aryl methyl sites for hydroxylation is 1. The lowest BCUT2D eigenvalue weighted by atomic mass is 9.96. The second kappa shape index (κ2) is 4.74. The first kappa shape index (κ1) is 12.3. The van der Waals surface area contributed by atoms with Gasteiger partial charge in [-0.2, -0.15) is 0 Å². The molecule has 4 nitrogen and oxygen atoms in total. The van der Waals surface area contributed by atoms with Gasteiger partial charge >= 0.3 is 0 Å². The van der Waals surface area contributed by atoms with E-state index in [9.17, 15) is 9.59 Å². The summed E-state index contributed by atoms with van der Waals surface area (Å²) in [7, 11) is 0. The van der Waals surface area contributed by atoms with Gasteiger partial charge in [0.15, 0.2) is 0 Å². The highest BCUT2D eigenvalue weighted by molar-refractivity contribution is 6.24. The number of ketones is 2. The van der Waals surface area contributed by atoms with Crippen LogP contribution >= 0.6 is 0 Å². The Labute approximate surface area is 116 Å².